The number of hydrogen-bond acceptors (Lipinski definition) is 5. The Morgan fingerprint density at radius 2 is 2.04 bits per heavy atom. The molecule has 0 bridgehead atoms. The molecule has 0 aliphatic carbocycles. The van der Waals surface area contributed by atoms with Crippen molar-refractivity contribution in [3.63, 3.8) is 0 Å². The molecular formula is C16H19N3O5S. The van der Waals surface area contributed by atoms with E-state index in [-0.39, 0.29) is 23.9 Å². The molecule has 1 saturated heterocycles. The fourth-order valence-corrected chi connectivity index (χ4v) is 3.94. The Kier molecular flexibility index (Phi) is 4.53. The molecule has 3 rings (SSSR count). The highest BCUT2D eigenvalue weighted by Crippen LogP contribution is 2.31. The highest BCUT2D eigenvalue weighted by molar-refractivity contribution is 7.88. The van der Waals surface area contributed by atoms with Crippen LogP contribution < -0.4 is 11.1 Å². The van der Waals surface area contributed by atoms with Crippen LogP contribution in [0.1, 0.15) is 23.4 Å². The van der Waals surface area contributed by atoms with Gasteiger partial charge in [-0.2, -0.15) is 0 Å². The number of hydrogen-bond donors (Lipinski definition) is 2. The summed E-state index contributed by atoms with van der Waals surface area (Å²) >= 11 is 0. The van der Waals surface area contributed by atoms with Crippen LogP contribution in [0.25, 0.3) is 11.0 Å². The van der Waals surface area contributed by atoms with E-state index in [0.29, 0.717) is 30.4 Å². The van der Waals surface area contributed by atoms with E-state index in [1.807, 2.05) is 0 Å². The summed E-state index contributed by atoms with van der Waals surface area (Å²) in [7, 11) is -3.35. The molecule has 1 aliphatic rings. The topological polar surface area (TPSA) is 123 Å². The molecule has 9 heteroatoms. The first-order chi connectivity index (χ1) is 11.8. The Hall–Kier alpha value is -2.39. The summed E-state index contributed by atoms with van der Waals surface area (Å²) in [5.74, 6) is -1.77. The van der Waals surface area contributed by atoms with E-state index in [0.717, 1.165) is 6.26 Å². The quantitative estimate of drug-likeness (QED) is 0.841. The van der Waals surface area contributed by atoms with Gasteiger partial charge in [-0.1, -0.05) is 12.1 Å². The fraction of sp³-hybridized carbons (Fsp3) is 0.375. The van der Waals surface area contributed by atoms with Gasteiger partial charge in [0.25, 0.3) is 5.91 Å². The molecule has 1 atom stereocenters. The van der Waals surface area contributed by atoms with Gasteiger partial charge in [0.1, 0.15) is 11.3 Å². The molecule has 3 N–H and O–H groups in total. The second-order valence-electron chi connectivity index (χ2n) is 6.12. The van der Waals surface area contributed by atoms with Crippen molar-refractivity contribution in [2.75, 3.05) is 24.7 Å². The van der Waals surface area contributed by atoms with E-state index in [2.05, 4.69) is 5.32 Å². The maximum Gasteiger partial charge on any atom is 0.286 e. The van der Waals surface area contributed by atoms with Crippen molar-refractivity contribution in [1.29, 1.82) is 0 Å². The van der Waals surface area contributed by atoms with Gasteiger partial charge in [0, 0.05) is 18.5 Å². The lowest BCUT2D eigenvalue weighted by Crippen LogP contribution is -2.43. The van der Waals surface area contributed by atoms with Gasteiger partial charge in [-0.25, -0.2) is 12.7 Å². The number of anilines is 1. The van der Waals surface area contributed by atoms with Gasteiger partial charge in [0.15, 0.2) is 0 Å². The standard InChI is InChI=1S/C16H19N3O5S/c1-25(22,23)19-8-4-5-10(9-19)16(21)18-13-11-6-2-3-7-12(11)24-14(13)15(17)20/h2-3,6-7,10H,4-5,8-9H2,1H3,(H2,17,20)(H,18,21)/t10-/m0/s1. The molecule has 2 heterocycles. The Morgan fingerprint density at radius 1 is 1.32 bits per heavy atom. The zero-order valence-electron chi connectivity index (χ0n) is 13.7. The molecular weight excluding hydrogens is 346 g/mol. The van der Waals surface area contributed by atoms with Crippen molar-refractivity contribution < 1.29 is 22.4 Å². The number of fused-ring (bicyclic) bond motifs is 1. The molecule has 2 aromatic rings. The van der Waals surface area contributed by atoms with Crippen LogP contribution in [0.4, 0.5) is 5.69 Å². The Balaban J connectivity index is 1.87. The van der Waals surface area contributed by atoms with Crippen LogP contribution in [0.2, 0.25) is 0 Å². The number of rotatable bonds is 4. The van der Waals surface area contributed by atoms with Gasteiger partial charge in [0.05, 0.1) is 12.2 Å². The van der Waals surface area contributed by atoms with Crippen molar-refractivity contribution in [1.82, 2.24) is 4.31 Å². The number of piperidine rings is 1. The van der Waals surface area contributed by atoms with Crippen LogP contribution in [0, 0.1) is 5.92 Å². The molecule has 8 nitrogen and oxygen atoms in total. The van der Waals surface area contributed by atoms with Crippen molar-refractivity contribution >= 4 is 38.5 Å². The lowest BCUT2D eigenvalue weighted by molar-refractivity contribution is -0.120. The van der Waals surface area contributed by atoms with Gasteiger partial charge in [0.2, 0.25) is 21.7 Å². The van der Waals surface area contributed by atoms with Gasteiger partial charge in [-0.15, -0.1) is 0 Å². The first kappa shape index (κ1) is 17.4. The van der Waals surface area contributed by atoms with Crippen molar-refractivity contribution in [2.24, 2.45) is 11.7 Å². The van der Waals surface area contributed by atoms with E-state index in [9.17, 15) is 18.0 Å². The number of carbonyl (C=O) groups is 2. The summed E-state index contributed by atoms with van der Waals surface area (Å²) in [5, 5.41) is 3.27. The molecule has 1 aromatic heterocycles. The van der Waals surface area contributed by atoms with Crippen molar-refractivity contribution in [2.45, 2.75) is 12.8 Å². The lowest BCUT2D eigenvalue weighted by Gasteiger charge is -2.30. The minimum atomic E-state index is -3.35. The summed E-state index contributed by atoms with van der Waals surface area (Å²) in [6.45, 7) is 0.524. The van der Waals surface area contributed by atoms with Gasteiger partial charge < -0.3 is 15.5 Å². The van der Waals surface area contributed by atoms with Crippen LogP contribution in [0.15, 0.2) is 28.7 Å². The number of nitrogens with zero attached hydrogens (tertiary/aromatic N) is 1. The van der Waals surface area contributed by atoms with Crippen molar-refractivity contribution in [3.05, 3.63) is 30.0 Å². The van der Waals surface area contributed by atoms with Gasteiger partial charge >= 0.3 is 0 Å². The predicted molar refractivity (Wildman–Crippen MR) is 92.5 cm³/mol. The van der Waals surface area contributed by atoms with E-state index in [4.69, 9.17) is 10.2 Å². The maximum atomic E-state index is 12.6. The second-order valence-corrected chi connectivity index (χ2v) is 8.10. The molecule has 134 valence electrons. The van der Waals surface area contributed by atoms with Crippen LogP contribution >= 0.6 is 0 Å². The third-order valence-corrected chi connectivity index (χ3v) is 5.56. The van der Waals surface area contributed by atoms with Crippen LogP contribution in [0.3, 0.4) is 0 Å². The largest absolute Gasteiger partial charge is 0.449 e. The summed E-state index contributed by atoms with van der Waals surface area (Å²) in [6.07, 6.45) is 2.29. The predicted octanol–water partition coefficient (Wildman–Crippen LogP) is 1.14. The smallest absolute Gasteiger partial charge is 0.286 e. The highest BCUT2D eigenvalue weighted by atomic mass is 32.2. The number of nitrogens with two attached hydrogens (primary N) is 1. The summed E-state index contributed by atoms with van der Waals surface area (Å²) in [5.41, 5.74) is 6.00. The average Bonchev–Trinajstić information content (AvgIpc) is 2.93. The summed E-state index contributed by atoms with van der Waals surface area (Å²) in [4.78, 5) is 24.3. The normalized spacial score (nSPS) is 19.0. The highest BCUT2D eigenvalue weighted by Gasteiger charge is 2.31. The summed E-state index contributed by atoms with van der Waals surface area (Å²) in [6, 6.07) is 6.88. The monoisotopic (exact) mass is 365 g/mol. The molecule has 0 radical (unpaired) electrons. The second kappa shape index (κ2) is 6.49. The van der Waals surface area contributed by atoms with Crippen LogP contribution in [-0.4, -0.2) is 43.9 Å². The van der Waals surface area contributed by atoms with E-state index in [1.54, 1.807) is 24.3 Å². The van der Waals surface area contributed by atoms with E-state index >= 15 is 0 Å². The number of para-hydroxylation sites is 1. The first-order valence-corrected chi connectivity index (χ1v) is 9.69. The number of benzene rings is 1. The van der Waals surface area contributed by atoms with Crippen LogP contribution in [0.5, 0.6) is 0 Å². The number of furan rings is 1. The third kappa shape index (κ3) is 3.52. The Labute approximate surface area is 145 Å². The van der Waals surface area contributed by atoms with Gasteiger partial charge in [-0.05, 0) is 25.0 Å². The van der Waals surface area contributed by atoms with Crippen molar-refractivity contribution in [3.8, 4) is 0 Å². The number of amides is 2. The number of nitrogens with one attached hydrogen (secondary N) is 1. The number of sulfonamides is 1. The lowest BCUT2D eigenvalue weighted by atomic mass is 9.98. The zero-order chi connectivity index (χ0) is 18.2. The first-order valence-electron chi connectivity index (χ1n) is 7.84. The molecule has 1 aromatic carbocycles. The molecule has 0 saturated carbocycles. The Morgan fingerprint density at radius 3 is 2.72 bits per heavy atom. The molecule has 1 fully saturated rings. The van der Waals surface area contributed by atoms with E-state index < -0.39 is 21.8 Å². The van der Waals surface area contributed by atoms with Crippen LogP contribution in [-0.2, 0) is 14.8 Å². The third-order valence-electron chi connectivity index (χ3n) is 4.29. The number of carbonyl (C=O) groups excluding carboxylic acids is 2. The molecule has 1 aliphatic heterocycles. The SMILES string of the molecule is CS(=O)(=O)N1CCC[C@H](C(=O)Nc2c(C(N)=O)oc3ccccc23)C1. The molecule has 2 amide bonds. The Bertz CT molecular complexity index is 934. The average molecular weight is 365 g/mol. The number of primary amides is 1. The molecule has 0 unspecified atom stereocenters. The molecule has 25 heavy (non-hydrogen) atoms. The maximum absolute atomic E-state index is 12.6. The minimum absolute atomic E-state index is 0.117. The summed E-state index contributed by atoms with van der Waals surface area (Å²) < 4.78 is 30.1. The van der Waals surface area contributed by atoms with E-state index in [1.165, 1.54) is 4.31 Å². The minimum Gasteiger partial charge on any atom is -0.449 e. The zero-order valence-corrected chi connectivity index (χ0v) is 14.5. The fourth-order valence-electron chi connectivity index (χ4n) is 3.03. The van der Waals surface area contributed by atoms with Gasteiger partial charge in [-0.3, -0.25) is 9.59 Å². The molecule has 0 spiro atoms.